The van der Waals surface area contributed by atoms with Crippen LogP contribution in [0.15, 0.2) is 24.3 Å². The van der Waals surface area contributed by atoms with E-state index in [4.69, 9.17) is 0 Å². The van der Waals surface area contributed by atoms with E-state index < -0.39 is 0 Å². The van der Waals surface area contributed by atoms with Gasteiger partial charge in [-0.1, -0.05) is 12.1 Å². The number of rotatable bonds is 1. The van der Waals surface area contributed by atoms with Crippen molar-refractivity contribution in [1.82, 2.24) is 10.6 Å². The van der Waals surface area contributed by atoms with Crippen molar-refractivity contribution < 1.29 is 4.39 Å². The van der Waals surface area contributed by atoms with Gasteiger partial charge in [-0.05, 0) is 17.7 Å². The fourth-order valence-electron chi connectivity index (χ4n) is 1.58. The van der Waals surface area contributed by atoms with E-state index in [1.54, 1.807) is 0 Å². The molecule has 1 fully saturated rings. The topological polar surface area (TPSA) is 24.1 Å². The quantitative estimate of drug-likeness (QED) is 0.743. The molecule has 2 nitrogen and oxygen atoms in total. The Hall–Kier alpha value is -0.640. The van der Waals surface area contributed by atoms with Gasteiger partial charge in [-0.15, -0.1) is 12.4 Å². The summed E-state index contributed by atoms with van der Waals surface area (Å²) >= 11 is 0. The van der Waals surface area contributed by atoms with Crippen LogP contribution in [0.2, 0.25) is 0 Å². The molecule has 1 atom stereocenters. The number of hydrogen-bond donors (Lipinski definition) is 2. The Morgan fingerprint density at radius 1 is 1.14 bits per heavy atom. The Morgan fingerprint density at radius 2 is 1.86 bits per heavy atom. The van der Waals surface area contributed by atoms with Crippen LogP contribution >= 0.6 is 12.4 Å². The van der Waals surface area contributed by atoms with Crippen LogP contribution < -0.4 is 10.6 Å². The zero-order valence-electron chi connectivity index (χ0n) is 7.79. The van der Waals surface area contributed by atoms with Crippen molar-refractivity contribution in [3.63, 3.8) is 0 Å². The molecule has 0 amide bonds. The minimum Gasteiger partial charge on any atom is -0.314 e. The van der Waals surface area contributed by atoms with Gasteiger partial charge in [-0.2, -0.15) is 0 Å². The normalized spacial score (nSPS) is 21.4. The zero-order chi connectivity index (χ0) is 9.10. The molecule has 78 valence electrons. The summed E-state index contributed by atoms with van der Waals surface area (Å²) < 4.78 is 12.6. The van der Waals surface area contributed by atoms with Gasteiger partial charge in [0.2, 0.25) is 0 Å². The van der Waals surface area contributed by atoms with E-state index in [1.165, 1.54) is 12.1 Å². The monoisotopic (exact) mass is 216 g/mol. The number of nitrogens with one attached hydrogen (secondary N) is 2. The molecule has 14 heavy (non-hydrogen) atoms. The van der Waals surface area contributed by atoms with Crippen molar-refractivity contribution in [2.24, 2.45) is 0 Å². The highest BCUT2D eigenvalue weighted by Crippen LogP contribution is 2.13. The van der Waals surface area contributed by atoms with Crippen molar-refractivity contribution in [3.05, 3.63) is 35.6 Å². The number of benzene rings is 1. The molecule has 0 saturated carbocycles. The lowest BCUT2D eigenvalue weighted by atomic mass is 10.1. The van der Waals surface area contributed by atoms with Crippen LogP contribution in [0.25, 0.3) is 0 Å². The predicted molar refractivity (Wildman–Crippen MR) is 57.3 cm³/mol. The number of piperazine rings is 1. The minimum absolute atomic E-state index is 0. The molecule has 2 N–H and O–H groups in total. The molecule has 1 aromatic carbocycles. The molecule has 4 heteroatoms. The summed E-state index contributed by atoms with van der Waals surface area (Å²) in [5.41, 5.74) is 1.15. The maximum Gasteiger partial charge on any atom is 0.123 e. The molecule has 1 aliphatic heterocycles. The summed E-state index contributed by atoms with van der Waals surface area (Å²) in [7, 11) is 0. The Morgan fingerprint density at radius 3 is 2.43 bits per heavy atom. The van der Waals surface area contributed by atoms with Gasteiger partial charge in [-0.25, -0.2) is 4.39 Å². The van der Waals surface area contributed by atoms with Gasteiger partial charge in [0, 0.05) is 25.7 Å². The SMILES string of the molecule is Cl.Fc1ccc([C@@H]2CNCCN2)cc1. The van der Waals surface area contributed by atoms with E-state index >= 15 is 0 Å². The lowest BCUT2D eigenvalue weighted by Crippen LogP contribution is -2.42. The Labute approximate surface area is 89.3 Å². The molecule has 0 bridgehead atoms. The van der Waals surface area contributed by atoms with Gasteiger partial charge in [0.25, 0.3) is 0 Å². The van der Waals surface area contributed by atoms with Gasteiger partial charge >= 0.3 is 0 Å². The highest BCUT2D eigenvalue weighted by Gasteiger charge is 2.13. The third kappa shape index (κ3) is 2.67. The largest absolute Gasteiger partial charge is 0.314 e. The maximum absolute atomic E-state index is 12.6. The molecule has 0 radical (unpaired) electrons. The molecular formula is C10H14ClFN2. The second kappa shape index (κ2) is 5.29. The Bertz CT molecular complexity index is 270. The van der Waals surface area contributed by atoms with Gasteiger partial charge in [0.05, 0.1) is 0 Å². The molecule has 0 unspecified atom stereocenters. The Balaban J connectivity index is 0.000000980. The van der Waals surface area contributed by atoms with Crippen LogP contribution in [0.5, 0.6) is 0 Å². The van der Waals surface area contributed by atoms with Crippen LogP contribution in [-0.2, 0) is 0 Å². The first kappa shape index (κ1) is 11.4. The van der Waals surface area contributed by atoms with Crippen LogP contribution in [-0.4, -0.2) is 19.6 Å². The molecule has 1 aliphatic rings. The maximum atomic E-state index is 12.6. The highest BCUT2D eigenvalue weighted by molar-refractivity contribution is 5.85. The molecule has 2 rings (SSSR count). The average molecular weight is 217 g/mol. The molecule has 1 aromatic rings. The standard InChI is InChI=1S/C10H13FN2.ClH/c11-9-3-1-8(2-4-9)10-7-12-5-6-13-10;/h1-4,10,12-13H,5-7H2;1H/t10-;/m0./s1. The summed E-state index contributed by atoms with van der Waals surface area (Å²) in [6.45, 7) is 2.91. The van der Waals surface area contributed by atoms with Crippen LogP contribution in [0.3, 0.4) is 0 Å². The van der Waals surface area contributed by atoms with Gasteiger partial charge < -0.3 is 10.6 Å². The second-order valence-corrected chi connectivity index (χ2v) is 3.26. The van der Waals surface area contributed by atoms with Crippen LogP contribution in [0, 0.1) is 5.82 Å². The van der Waals surface area contributed by atoms with Crippen molar-refractivity contribution in [1.29, 1.82) is 0 Å². The number of hydrogen-bond acceptors (Lipinski definition) is 2. The molecule has 1 saturated heterocycles. The van der Waals surface area contributed by atoms with Gasteiger partial charge in [0.1, 0.15) is 5.82 Å². The lowest BCUT2D eigenvalue weighted by molar-refractivity contribution is 0.430. The van der Waals surface area contributed by atoms with E-state index in [0.717, 1.165) is 25.2 Å². The summed E-state index contributed by atoms with van der Waals surface area (Å²) in [6, 6.07) is 7.01. The summed E-state index contributed by atoms with van der Waals surface area (Å²) in [4.78, 5) is 0. The first-order chi connectivity index (χ1) is 6.36. The predicted octanol–water partition coefficient (Wildman–Crippen LogP) is 1.48. The zero-order valence-corrected chi connectivity index (χ0v) is 8.61. The Kier molecular flexibility index (Phi) is 4.32. The highest BCUT2D eigenvalue weighted by atomic mass is 35.5. The first-order valence-electron chi connectivity index (χ1n) is 4.56. The van der Waals surface area contributed by atoms with Crippen molar-refractivity contribution >= 4 is 12.4 Å². The van der Waals surface area contributed by atoms with E-state index in [2.05, 4.69) is 10.6 Å². The summed E-state index contributed by atoms with van der Waals surface area (Å²) in [6.07, 6.45) is 0. The van der Waals surface area contributed by atoms with E-state index in [9.17, 15) is 4.39 Å². The summed E-state index contributed by atoms with van der Waals surface area (Å²) in [5, 5.41) is 6.66. The van der Waals surface area contributed by atoms with E-state index in [0.29, 0.717) is 6.04 Å². The third-order valence-corrected chi connectivity index (χ3v) is 2.31. The van der Waals surface area contributed by atoms with Gasteiger partial charge in [0.15, 0.2) is 0 Å². The third-order valence-electron chi connectivity index (χ3n) is 2.31. The molecule has 1 heterocycles. The fraction of sp³-hybridized carbons (Fsp3) is 0.400. The van der Waals surface area contributed by atoms with Crippen molar-refractivity contribution in [2.75, 3.05) is 19.6 Å². The average Bonchev–Trinajstić information content (AvgIpc) is 2.20. The molecule has 0 aliphatic carbocycles. The molecular weight excluding hydrogens is 203 g/mol. The smallest absolute Gasteiger partial charge is 0.123 e. The fourth-order valence-corrected chi connectivity index (χ4v) is 1.58. The van der Waals surface area contributed by atoms with E-state index in [-0.39, 0.29) is 18.2 Å². The molecule has 0 aromatic heterocycles. The molecule has 0 spiro atoms. The second-order valence-electron chi connectivity index (χ2n) is 3.26. The van der Waals surface area contributed by atoms with Crippen LogP contribution in [0.1, 0.15) is 11.6 Å². The lowest BCUT2D eigenvalue weighted by Gasteiger charge is -2.24. The van der Waals surface area contributed by atoms with Crippen molar-refractivity contribution in [3.8, 4) is 0 Å². The first-order valence-corrected chi connectivity index (χ1v) is 4.56. The van der Waals surface area contributed by atoms with Crippen molar-refractivity contribution in [2.45, 2.75) is 6.04 Å². The number of halogens is 2. The van der Waals surface area contributed by atoms with Gasteiger partial charge in [-0.3, -0.25) is 0 Å². The summed E-state index contributed by atoms with van der Waals surface area (Å²) in [5.74, 6) is -0.174. The van der Waals surface area contributed by atoms with E-state index in [1.807, 2.05) is 12.1 Å². The van der Waals surface area contributed by atoms with Crippen LogP contribution in [0.4, 0.5) is 4.39 Å². The minimum atomic E-state index is -0.174.